The number of anilines is 2. The number of rotatable bonds is 4. The number of amides is 2. The van der Waals surface area contributed by atoms with Crippen LogP contribution in [-0.2, 0) is 4.74 Å². The second-order valence-electron chi connectivity index (χ2n) is 6.01. The van der Waals surface area contributed by atoms with Crippen LogP contribution < -0.4 is 10.2 Å². The molecule has 142 valence electrons. The van der Waals surface area contributed by atoms with E-state index in [1.165, 1.54) is 12.1 Å². The maximum absolute atomic E-state index is 13.7. The van der Waals surface area contributed by atoms with E-state index in [1.54, 1.807) is 42.3 Å². The topological polar surface area (TPSA) is 74.8 Å². The molecule has 0 radical (unpaired) electrons. The van der Waals surface area contributed by atoms with Gasteiger partial charge in [-0.1, -0.05) is 12.1 Å². The maximum atomic E-state index is 13.7. The fraction of sp³-hybridized carbons (Fsp3) is 0.316. The van der Waals surface area contributed by atoms with Crippen molar-refractivity contribution in [1.82, 2.24) is 9.88 Å². The van der Waals surface area contributed by atoms with E-state index < -0.39 is 11.7 Å². The molecule has 27 heavy (non-hydrogen) atoms. The summed E-state index contributed by atoms with van der Waals surface area (Å²) < 4.78 is 18.7. The maximum Gasteiger partial charge on any atom is 0.409 e. The molecular formula is C19H21FN4O3. The van der Waals surface area contributed by atoms with E-state index >= 15 is 0 Å². The monoisotopic (exact) mass is 372 g/mol. The zero-order valence-electron chi connectivity index (χ0n) is 15.0. The van der Waals surface area contributed by atoms with Crippen LogP contribution in [-0.4, -0.2) is 54.7 Å². The molecule has 1 aromatic heterocycles. The molecule has 1 aliphatic rings. The van der Waals surface area contributed by atoms with E-state index in [0.29, 0.717) is 44.2 Å². The third-order valence-electron chi connectivity index (χ3n) is 4.26. The van der Waals surface area contributed by atoms with Gasteiger partial charge in [0.15, 0.2) is 0 Å². The average molecular weight is 372 g/mol. The number of carbonyl (C=O) groups is 2. The van der Waals surface area contributed by atoms with Crippen LogP contribution in [0.4, 0.5) is 20.7 Å². The van der Waals surface area contributed by atoms with Crippen molar-refractivity contribution < 1.29 is 18.7 Å². The quantitative estimate of drug-likeness (QED) is 0.893. The number of aromatic nitrogens is 1. The molecule has 0 atom stereocenters. The van der Waals surface area contributed by atoms with Crippen LogP contribution in [0.3, 0.4) is 0 Å². The van der Waals surface area contributed by atoms with Crippen molar-refractivity contribution in [3.63, 3.8) is 0 Å². The molecule has 8 heteroatoms. The number of piperazine rings is 1. The molecule has 1 aromatic carbocycles. The number of nitrogens with zero attached hydrogens (tertiary/aromatic N) is 3. The summed E-state index contributed by atoms with van der Waals surface area (Å²) in [6, 6.07) is 9.25. The minimum absolute atomic E-state index is 0.129. The number of carbonyl (C=O) groups excluding carboxylic acids is 2. The van der Waals surface area contributed by atoms with Crippen LogP contribution >= 0.6 is 0 Å². The summed E-state index contributed by atoms with van der Waals surface area (Å²) in [6.07, 6.45) is 1.23. The molecule has 1 N–H and O–H groups in total. The molecule has 1 fully saturated rings. The Balaban J connectivity index is 1.65. The van der Waals surface area contributed by atoms with Gasteiger partial charge in [0.25, 0.3) is 5.91 Å². The third kappa shape index (κ3) is 4.52. The molecule has 0 bridgehead atoms. The van der Waals surface area contributed by atoms with Crippen molar-refractivity contribution >= 4 is 23.5 Å². The number of hydrogen-bond acceptors (Lipinski definition) is 5. The number of nitrogens with one attached hydrogen (secondary N) is 1. The summed E-state index contributed by atoms with van der Waals surface area (Å²) in [7, 11) is 0. The third-order valence-corrected chi connectivity index (χ3v) is 4.26. The first kappa shape index (κ1) is 18.6. The predicted molar refractivity (Wildman–Crippen MR) is 99.4 cm³/mol. The lowest BCUT2D eigenvalue weighted by atomic mass is 10.2. The van der Waals surface area contributed by atoms with Gasteiger partial charge in [-0.25, -0.2) is 14.2 Å². The Labute approximate surface area is 156 Å². The molecule has 0 aliphatic carbocycles. The summed E-state index contributed by atoms with van der Waals surface area (Å²) in [6.45, 7) is 4.34. The highest BCUT2D eigenvalue weighted by molar-refractivity contribution is 6.04. The molecule has 3 rings (SSSR count). The fourth-order valence-electron chi connectivity index (χ4n) is 2.82. The van der Waals surface area contributed by atoms with Gasteiger partial charge in [-0.2, -0.15) is 0 Å². The highest BCUT2D eigenvalue weighted by Crippen LogP contribution is 2.18. The van der Waals surface area contributed by atoms with Gasteiger partial charge in [-0.15, -0.1) is 0 Å². The van der Waals surface area contributed by atoms with Crippen LogP contribution in [0.2, 0.25) is 0 Å². The van der Waals surface area contributed by atoms with Gasteiger partial charge in [0.1, 0.15) is 11.6 Å². The zero-order chi connectivity index (χ0) is 19.2. The highest BCUT2D eigenvalue weighted by Gasteiger charge is 2.23. The average Bonchev–Trinajstić information content (AvgIpc) is 2.70. The van der Waals surface area contributed by atoms with E-state index in [0.717, 1.165) is 0 Å². The number of para-hydroxylation sites is 1. The number of benzene rings is 1. The van der Waals surface area contributed by atoms with Crippen molar-refractivity contribution in [3.8, 4) is 0 Å². The van der Waals surface area contributed by atoms with E-state index in [2.05, 4.69) is 10.3 Å². The van der Waals surface area contributed by atoms with Gasteiger partial charge >= 0.3 is 6.09 Å². The van der Waals surface area contributed by atoms with Gasteiger partial charge in [0.2, 0.25) is 0 Å². The van der Waals surface area contributed by atoms with Crippen molar-refractivity contribution in [2.24, 2.45) is 0 Å². The Hall–Kier alpha value is -3.16. The van der Waals surface area contributed by atoms with Crippen molar-refractivity contribution in [2.75, 3.05) is 43.0 Å². The van der Waals surface area contributed by atoms with Crippen LogP contribution in [0.15, 0.2) is 42.6 Å². The first-order chi connectivity index (χ1) is 13.1. The summed E-state index contributed by atoms with van der Waals surface area (Å²) in [5.74, 6) is -0.260. The largest absolute Gasteiger partial charge is 0.450 e. The zero-order valence-corrected chi connectivity index (χ0v) is 15.0. The van der Waals surface area contributed by atoms with Crippen molar-refractivity contribution in [3.05, 3.63) is 54.0 Å². The highest BCUT2D eigenvalue weighted by atomic mass is 19.1. The molecule has 2 heterocycles. The molecule has 0 spiro atoms. The summed E-state index contributed by atoms with van der Waals surface area (Å²) in [4.78, 5) is 32.1. The normalized spacial score (nSPS) is 14.0. The lowest BCUT2D eigenvalue weighted by Gasteiger charge is -2.34. The van der Waals surface area contributed by atoms with Gasteiger partial charge in [0, 0.05) is 37.9 Å². The molecular weight excluding hydrogens is 351 g/mol. The van der Waals surface area contributed by atoms with Crippen LogP contribution in [0.1, 0.15) is 17.3 Å². The molecule has 1 saturated heterocycles. The van der Waals surface area contributed by atoms with E-state index in [-0.39, 0.29) is 11.8 Å². The van der Waals surface area contributed by atoms with Gasteiger partial charge in [-0.05, 0) is 31.2 Å². The smallest absolute Gasteiger partial charge is 0.409 e. The Morgan fingerprint density at radius 1 is 1.19 bits per heavy atom. The molecule has 0 saturated carbocycles. The summed E-state index contributed by atoms with van der Waals surface area (Å²) >= 11 is 0. The van der Waals surface area contributed by atoms with Gasteiger partial charge in [0.05, 0.1) is 12.3 Å². The first-order valence-electron chi connectivity index (χ1n) is 8.77. The van der Waals surface area contributed by atoms with Crippen LogP contribution in [0.5, 0.6) is 0 Å². The molecule has 1 aliphatic heterocycles. The summed E-state index contributed by atoms with van der Waals surface area (Å²) in [5.41, 5.74) is 0.514. The predicted octanol–water partition coefficient (Wildman–Crippen LogP) is 2.75. The fourth-order valence-corrected chi connectivity index (χ4v) is 2.82. The number of halogens is 1. The van der Waals surface area contributed by atoms with Gasteiger partial charge in [-0.3, -0.25) is 4.79 Å². The van der Waals surface area contributed by atoms with Crippen molar-refractivity contribution in [1.29, 1.82) is 0 Å². The standard InChI is InChI=1S/C19H21FN4O3/c1-2-27-19(26)24-11-9-23(10-12-24)17-13-14(7-8-21-17)18(25)22-16-6-4-3-5-15(16)20/h3-8,13H,2,9-12H2,1H3,(H,22,25). The Morgan fingerprint density at radius 2 is 1.93 bits per heavy atom. The SMILES string of the molecule is CCOC(=O)N1CCN(c2cc(C(=O)Nc3ccccc3F)ccn2)CC1. The molecule has 7 nitrogen and oxygen atoms in total. The molecule has 0 unspecified atom stereocenters. The Bertz CT molecular complexity index is 822. The second kappa shape index (κ2) is 8.48. The second-order valence-corrected chi connectivity index (χ2v) is 6.01. The lowest BCUT2D eigenvalue weighted by molar-refractivity contribution is 0.102. The minimum atomic E-state index is -0.491. The Kier molecular flexibility index (Phi) is 5.85. The van der Waals surface area contributed by atoms with Crippen LogP contribution in [0, 0.1) is 5.82 Å². The van der Waals surface area contributed by atoms with Gasteiger partial charge < -0.3 is 19.9 Å². The summed E-state index contributed by atoms with van der Waals surface area (Å²) in [5, 5.41) is 2.56. The lowest BCUT2D eigenvalue weighted by Crippen LogP contribution is -2.49. The van der Waals surface area contributed by atoms with Crippen molar-refractivity contribution in [2.45, 2.75) is 6.92 Å². The Morgan fingerprint density at radius 3 is 2.63 bits per heavy atom. The first-order valence-corrected chi connectivity index (χ1v) is 8.77. The number of hydrogen-bond donors (Lipinski definition) is 1. The van der Waals surface area contributed by atoms with E-state index in [9.17, 15) is 14.0 Å². The van der Waals surface area contributed by atoms with E-state index in [4.69, 9.17) is 4.74 Å². The number of pyridine rings is 1. The van der Waals surface area contributed by atoms with Crippen LogP contribution in [0.25, 0.3) is 0 Å². The molecule has 2 aromatic rings. The minimum Gasteiger partial charge on any atom is -0.450 e. The van der Waals surface area contributed by atoms with E-state index in [1.807, 2.05) is 4.90 Å². The number of ether oxygens (including phenoxy) is 1. The molecule has 2 amide bonds.